The van der Waals surface area contributed by atoms with Crippen molar-refractivity contribution < 1.29 is 37.9 Å². The molecule has 3 atom stereocenters. The summed E-state index contributed by atoms with van der Waals surface area (Å²) in [5, 5.41) is 25.5. The number of nitrogens with two attached hydrogens (primary N) is 3. The van der Waals surface area contributed by atoms with Crippen LogP contribution in [0.25, 0.3) is 66.9 Å². The van der Waals surface area contributed by atoms with Gasteiger partial charge >= 0.3 is 0 Å². The third-order valence-electron chi connectivity index (χ3n) is 20.7. The highest BCUT2D eigenvalue weighted by atomic mass is 19.1. The number of fused-ring (bicyclic) bond motifs is 3. The van der Waals surface area contributed by atoms with Gasteiger partial charge in [-0.1, -0.05) is 128 Å². The van der Waals surface area contributed by atoms with Gasteiger partial charge in [-0.3, -0.25) is 28.8 Å². The van der Waals surface area contributed by atoms with Gasteiger partial charge in [0.05, 0.1) is 47.0 Å². The molecule has 9 heterocycles. The molecule has 15 rings (SSSR count). The van der Waals surface area contributed by atoms with Crippen molar-refractivity contribution in [1.29, 1.82) is 0 Å². The summed E-state index contributed by atoms with van der Waals surface area (Å²) in [4.78, 5) is 106. The molecule has 3 fully saturated rings. The molecule has 582 valence electrons. The number of hydrogen-bond acceptors (Lipinski definition) is 19. The van der Waals surface area contributed by atoms with Gasteiger partial charge in [-0.2, -0.15) is 15.3 Å². The summed E-state index contributed by atoms with van der Waals surface area (Å²) in [5.74, 6) is -0.281. The first-order chi connectivity index (χ1) is 55.2. The molecule has 3 aliphatic rings. The number of aromatic nitrogens is 12. The number of anilines is 3. The van der Waals surface area contributed by atoms with Gasteiger partial charge in [0, 0.05) is 92.8 Å². The van der Waals surface area contributed by atoms with Crippen molar-refractivity contribution in [2.45, 2.75) is 97.1 Å². The quantitative estimate of drug-likeness (QED) is 0.0410. The molecule has 9 N–H and O–H groups in total. The van der Waals surface area contributed by atoms with Crippen molar-refractivity contribution in [2.75, 3.05) is 63.6 Å². The first-order valence-corrected chi connectivity index (χ1v) is 37.5. The van der Waals surface area contributed by atoms with Crippen molar-refractivity contribution in [3.05, 3.63) is 246 Å². The second-order valence-electron chi connectivity index (χ2n) is 28.2. The molecule has 0 saturated carbocycles. The minimum absolute atomic E-state index is 0.0286. The van der Waals surface area contributed by atoms with Gasteiger partial charge in [0.15, 0.2) is 16.9 Å². The number of nitrogens with one attached hydrogen (secondary N) is 3. The SMILES string of the molecule is C=CC(=O)N1CCC[C@@H](n2nc(-c3ccc(CNC(=O)c4cc(C)ccc4C)cc3)c3c(N)ncnc32)C1.C=CC(=O)N1CCC[C@@H](n2nc(-c3ccc(CNC(=O)c4ccc(OC)cc4F)cc3)c3c(N)ncnc32)C1.C=CC(=O)N1CCC[C@@H](n2nc(-c3ccc(CNC(=O)c4ccccc4C)cc3)c3c(N)ncnc32)C1. The number of aryl methyl sites for hydroxylation is 3. The van der Waals surface area contributed by atoms with E-state index in [1.165, 1.54) is 62.5 Å². The van der Waals surface area contributed by atoms with Crippen LogP contribution in [0, 0.1) is 26.6 Å². The van der Waals surface area contributed by atoms with Crippen molar-refractivity contribution in [3.63, 3.8) is 0 Å². The molecule has 0 bridgehead atoms. The number of rotatable bonds is 19. The third kappa shape index (κ3) is 17.2. The van der Waals surface area contributed by atoms with Gasteiger partial charge in [0.25, 0.3) is 17.7 Å². The van der Waals surface area contributed by atoms with Crippen LogP contribution in [0.15, 0.2) is 190 Å². The fourth-order valence-electron chi connectivity index (χ4n) is 14.6. The van der Waals surface area contributed by atoms with E-state index in [0.29, 0.717) is 137 Å². The highest BCUT2D eigenvalue weighted by molar-refractivity contribution is 6.02. The van der Waals surface area contributed by atoms with Gasteiger partial charge < -0.3 is 52.6 Å². The Morgan fingerprint density at radius 2 is 0.816 bits per heavy atom. The number of ether oxygens (including phenoxy) is 1. The Balaban J connectivity index is 0.000000149. The van der Waals surface area contributed by atoms with Crippen LogP contribution in [0.4, 0.5) is 21.8 Å². The van der Waals surface area contributed by atoms with Crippen LogP contribution in [-0.2, 0) is 34.0 Å². The maximum absolute atomic E-state index is 14.2. The van der Waals surface area contributed by atoms with Gasteiger partial charge in [0.2, 0.25) is 17.7 Å². The standard InChI is InChI=1S/C29H31N7O2.C28H28FN7O3.C28H29N7O2/c1-4-24(37)35-13-5-6-22(16-35)36-28-25(27(30)32-17-33-28)26(34-36)21-11-9-20(10-12-21)15-31-29(38)23-14-18(2)7-8-19(23)3;1-3-23(37)35-12-4-5-19(15-35)36-27-24(26(30)32-16-33-27)25(34-36)18-8-6-17(7-9-18)14-31-28(38)21-11-10-20(39-2)13-22(21)29;1-3-23(36)34-14-6-8-21(16-34)35-27-24(26(29)31-17-32-27)25(33-35)20-12-10-19(11-13-20)15-30-28(37)22-9-5-4-7-18(22)2/h4,7-12,14,17,22H,1,5-6,13,15-16H2,2-3H3,(H,31,38)(H2,30,32,33);3,6-11,13,16,19H,1,4-5,12,14-15H2,2H3,(H,31,38)(H2,30,32,33);3-5,7,9-13,17,21H,1,6,8,14-16H2,2H3,(H,30,37)(H2,29,31,32)/t22-;19-;21-/m111/s1. The van der Waals surface area contributed by atoms with E-state index in [4.69, 9.17) is 37.2 Å². The average molecular weight is 1530 g/mol. The molecular weight excluding hydrogens is 1450 g/mol. The van der Waals surface area contributed by atoms with Crippen molar-refractivity contribution in [1.82, 2.24) is 89.9 Å². The minimum Gasteiger partial charge on any atom is -0.497 e. The Labute approximate surface area is 657 Å². The zero-order valence-corrected chi connectivity index (χ0v) is 63.8. The number of nitrogens with zero attached hydrogens (tertiary/aromatic N) is 15. The molecule has 3 aliphatic heterocycles. The molecule has 0 spiro atoms. The van der Waals surface area contributed by atoms with Crippen LogP contribution in [0.3, 0.4) is 0 Å². The minimum atomic E-state index is -0.653. The average Bonchev–Trinajstić information content (AvgIpc) is 1.62. The van der Waals surface area contributed by atoms with Crippen LogP contribution < -0.4 is 37.9 Å². The Bertz CT molecular complexity index is 5640. The Kier molecular flexibility index (Phi) is 24.0. The van der Waals surface area contributed by atoms with E-state index in [1.54, 1.807) is 14.7 Å². The summed E-state index contributed by atoms with van der Waals surface area (Å²) in [6.45, 7) is 21.3. The summed E-state index contributed by atoms with van der Waals surface area (Å²) in [5.41, 5.74) is 32.3. The zero-order chi connectivity index (χ0) is 80.3. The molecule has 6 aromatic carbocycles. The topological polar surface area (TPSA) is 366 Å². The molecule has 12 aromatic rings. The summed E-state index contributed by atoms with van der Waals surface area (Å²) in [6.07, 6.45) is 13.5. The number of methoxy groups -OCH3 is 1. The van der Waals surface area contributed by atoms with E-state index in [1.807, 2.05) is 150 Å². The molecule has 0 aliphatic carbocycles. The lowest BCUT2D eigenvalue weighted by Gasteiger charge is -2.32. The van der Waals surface area contributed by atoms with Crippen LogP contribution in [0.1, 0.15) is 121 Å². The third-order valence-corrected chi connectivity index (χ3v) is 20.7. The van der Waals surface area contributed by atoms with E-state index in [9.17, 15) is 33.2 Å². The number of hydrogen-bond donors (Lipinski definition) is 6. The summed E-state index contributed by atoms with van der Waals surface area (Å²) < 4.78 is 24.8. The van der Waals surface area contributed by atoms with Gasteiger partial charge in [0.1, 0.15) is 65.1 Å². The lowest BCUT2D eigenvalue weighted by atomic mass is 10.0. The number of likely N-dealkylation sites (tertiary alicyclic amines) is 3. The van der Waals surface area contributed by atoms with Crippen LogP contribution in [-0.4, -0.2) is 156 Å². The van der Waals surface area contributed by atoms with E-state index in [-0.39, 0.29) is 59.8 Å². The Morgan fingerprint density at radius 1 is 0.456 bits per heavy atom. The number of nitrogen functional groups attached to an aromatic ring is 3. The molecule has 29 heteroatoms. The van der Waals surface area contributed by atoms with Crippen LogP contribution in [0.2, 0.25) is 0 Å². The van der Waals surface area contributed by atoms with Crippen molar-refractivity contribution in [2.24, 2.45) is 0 Å². The predicted octanol–water partition coefficient (Wildman–Crippen LogP) is 11.1. The van der Waals surface area contributed by atoms with E-state index < -0.39 is 11.7 Å². The lowest BCUT2D eigenvalue weighted by molar-refractivity contribution is -0.128. The second kappa shape index (κ2) is 35.0. The van der Waals surface area contributed by atoms with Gasteiger partial charge in [-0.15, -0.1) is 0 Å². The zero-order valence-electron chi connectivity index (χ0n) is 63.8. The van der Waals surface area contributed by atoms with E-state index in [2.05, 4.69) is 65.6 Å². The molecule has 114 heavy (non-hydrogen) atoms. The number of halogens is 1. The summed E-state index contributed by atoms with van der Waals surface area (Å²) in [6, 6.07) is 40.5. The van der Waals surface area contributed by atoms with Crippen molar-refractivity contribution in [3.8, 4) is 39.5 Å². The van der Waals surface area contributed by atoms with E-state index in [0.717, 1.165) is 88.6 Å². The van der Waals surface area contributed by atoms with E-state index >= 15 is 0 Å². The number of carbonyl (C=O) groups excluding carboxylic acids is 6. The monoisotopic (exact) mass is 1530 g/mol. The highest BCUT2D eigenvalue weighted by Gasteiger charge is 2.32. The molecule has 0 radical (unpaired) electrons. The molecular formula is C85H88FN21O7. The molecule has 6 aromatic heterocycles. The Morgan fingerprint density at radius 3 is 1.18 bits per heavy atom. The number of amides is 6. The molecule has 28 nitrogen and oxygen atoms in total. The fraction of sp³-hybridized carbons (Fsp3) is 0.259. The fourth-order valence-corrected chi connectivity index (χ4v) is 14.6. The number of piperidine rings is 3. The lowest BCUT2D eigenvalue weighted by Crippen LogP contribution is -2.40. The summed E-state index contributed by atoms with van der Waals surface area (Å²) in [7, 11) is 1.43. The number of carbonyl (C=O) groups is 6. The van der Waals surface area contributed by atoms with Crippen LogP contribution in [0.5, 0.6) is 5.75 Å². The predicted molar refractivity (Wildman–Crippen MR) is 434 cm³/mol. The Hall–Kier alpha value is -13.9. The molecule has 3 saturated heterocycles. The molecule has 6 amide bonds. The highest BCUT2D eigenvalue weighted by Crippen LogP contribution is 2.38. The number of benzene rings is 6. The maximum Gasteiger partial charge on any atom is 0.254 e. The second-order valence-corrected chi connectivity index (χ2v) is 28.2. The van der Waals surface area contributed by atoms with Crippen molar-refractivity contribution >= 4 is 86.0 Å². The van der Waals surface area contributed by atoms with Gasteiger partial charge in [-0.05, 0) is 130 Å². The normalized spacial score (nSPS) is 15.4. The van der Waals surface area contributed by atoms with Gasteiger partial charge in [-0.25, -0.2) is 48.3 Å². The largest absolute Gasteiger partial charge is 0.497 e. The maximum atomic E-state index is 14.2. The smallest absolute Gasteiger partial charge is 0.254 e. The van der Waals surface area contributed by atoms with Crippen LogP contribution >= 0.6 is 0 Å². The summed E-state index contributed by atoms with van der Waals surface area (Å²) >= 11 is 0. The first kappa shape index (κ1) is 78.3. The first-order valence-electron chi connectivity index (χ1n) is 37.5. The molecule has 0 unspecified atom stereocenters.